The third-order valence-electron chi connectivity index (χ3n) is 33.2. The summed E-state index contributed by atoms with van der Waals surface area (Å²) in [5.41, 5.74) is 13.6. The average Bonchev–Trinajstić information content (AvgIpc) is 1.27. The summed E-state index contributed by atoms with van der Waals surface area (Å²) in [5.74, 6) is 5.19. The summed E-state index contributed by atoms with van der Waals surface area (Å²) >= 11 is 0. The van der Waals surface area contributed by atoms with Gasteiger partial charge in [0.25, 0.3) is 0 Å². The van der Waals surface area contributed by atoms with Crippen LogP contribution < -0.4 is 5.73 Å². The van der Waals surface area contributed by atoms with E-state index >= 15 is 9.59 Å². The van der Waals surface area contributed by atoms with Crippen molar-refractivity contribution in [2.45, 2.75) is 269 Å². The zero-order chi connectivity index (χ0) is 60.5. The second kappa shape index (κ2) is 20.4. The van der Waals surface area contributed by atoms with E-state index in [1.807, 2.05) is 0 Å². The van der Waals surface area contributed by atoms with E-state index in [1.165, 1.54) is 179 Å². The van der Waals surface area contributed by atoms with Crippen LogP contribution in [0.15, 0.2) is 64.3 Å². The predicted molar refractivity (Wildman–Crippen MR) is 349 cm³/mol. The molecule has 7 heterocycles. The number of carbonyl (C=O) groups is 3. The number of fused-ring (bicyclic) bond motifs is 10. The van der Waals surface area contributed by atoms with Crippen LogP contribution in [0.3, 0.4) is 0 Å². The Bertz CT molecular complexity index is 3300. The molecule has 11 aliphatic carbocycles. The molecular formula is C81H109N3O6. The number of hydrogen-bond acceptors (Lipinski definition) is 9. The molecular weight excluding hydrogens is 1110 g/mol. The van der Waals surface area contributed by atoms with E-state index in [4.69, 9.17) is 15.2 Å². The Morgan fingerprint density at radius 1 is 0.789 bits per heavy atom. The highest BCUT2D eigenvalue weighted by molar-refractivity contribution is 6.00. The fourth-order valence-corrected chi connectivity index (χ4v) is 30.5. The molecule has 0 amide bonds. The molecule has 4 saturated heterocycles. The Balaban J connectivity index is 0.816. The SMILES string of the molecule is CC(CCC=O)CCC1CCC2(CCCC(C3C=CC4CC5C(C)CC6=C7C5C5=C4C48C(=O)OC(=C(O)C9CCC%10C%11CC(CN%10C9C9CC%10(CCCC%10)C%10(CCCC%10%12CCCC%12)C9)C(CC6)N7C%11)C4(CC5)C4(OC(=O)c5c(CCCN)cccc54)C8C3)C2)C1. The molecule has 9 nitrogen and oxygen atoms in total. The van der Waals surface area contributed by atoms with E-state index in [0.717, 1.165) is 74.8 Å². The third-order valence-corrected chi connectivity index (χ3v) is 33.2. The molecule has 7 saturated carbocycles. The molecule has 19 rings (SSSR count). The zero-order valence-corrected chi connectivity index (χ0v) is 55.2. The van der Waals surface area contributed by atoms with E-state index < -0.39 is 16.4 Å². The topological polar surface area (TPSA) is 122 Å². The van der Waals surface area contributed by atoms with Crippen molar-refractivity contribution < 1.29 is 29.0 Å². The van der Waals surface area contributed by atoms with Crippen LogP contribution in [0.1, 0.15) is 260 Å². The maximum absolute atomic E-state index is 17.3. The molecule has 9 heteroatoms. The van der Waals surface area contributed by atoms with Gasteiger partial charge < -0.3 is 30.0 Å². The Morgan fingerprint density at radius 2 is 1.62 bits per heavy atom. The van der Waals surface area contributed by atoms with Crippen molar-refractivity contribution in [3.05, 3.63) is 81.0 Å². The smallest absolute Gasteiger partial charge is 0.339 e. The lowest BCUT2D eigenvalue weighted by atomic mass is 9.27. The van der Waals surface area contributed by atoms with Crippen LogP contribution in [0.5, 0.6) is 0 Å². The summed E-state index contributed by atoms with van der Waals surface area (Å²) in [5, 5.41) is 14.8. The minimum Gasteiger partial charge on any atom is -0.508 e. The number of aryl methyl sites for hydroxylation is 1. The van der Waals surface area contributed by atoms with Crippen LogP contribution in [0.2, 0.25) is 0 Å². The molecule has 1 aromatic rings. The third kappa shape index (κ3) is 7.24. The molecule has 21 atom stereocenters. The highest BCUT2D eigenvalue weighted by Crippen LogP contribution is 2.89. The molecule has 7 spiro atoms. The molecule has 484 valence electrons. The lowest BCUT2D eigenvalue weighted by Gasteiger charge is -2.73. The van der Waals surface area contributed by atoms with Crippen molar-refractivity contribution in [2.75, 3.05) is 19.6 Å². The first-order valence-corrected chi connectivity index (χ1v) is 38.7. The second-order valence-corrected chi connectivity index (χ2v) is 36.0. The van der Waals surface area contributed by atoms with Crippen LogP contribution in [-0.2, 0) is 31.1 Å². The fourth-order valence-electron chi connectivity index (χ4n) is 30.5. The van der Waals surface area contributed by atoms with Gasteiger partial charge in [0.15, 0.2) is 11.4 Å². The van der Waals surface area contributed by atoms with E-state index in [2.05, 4.69) is 54.0 Å². The lowest BCUT2D eigenvalue weighted by molar-refractivity contribution is -0.283. The van der Waals surface area contributed by atoms with Gasteiger partial charge in [-0.3, -0.25) is 9.69 Å². The minimum atomic E-state index is -1.19. The van der Waals surface area contributed by atoms with Gasteiger partial charge in [0, 0.05) is 66.7 Å². The standard InChI is InChI=1S/C81H109N3O6/c1-48(12-10-37-85)17-18-50-25-34-75(42-50)27-8-14-55(43-75)52-19-20-53-40-61-49(2)38-54-21-23-63-56-39-57-47-84(63)70(54)67(61)59-26-35-79-72(89-74(88)80(79,68(53)59)65(41-52)81(79)62-16-7-13-51(15-9-36-82)66(62)73(87)90-81)71(86)60-22-24-64(57)83(46-56)69(60)58-44-77(30-5-6-31-77)78(45-58)33-11-32-76(78)28-3-4-29-76/h7,13,16,19-20,37,48-50,52-53,55-58,60-61,63-65,67,69,86H,3-6,8-12,14-15,17-18,21-36,38-47,82H2,1-2H3. The summed E-state index contributed by atoms with van der Waals surface area (Å²) in [6, 6.07) is 7.82. The van der Waals surface area contributed by atoms with Crippen molar-refractivity contribution in [2.24, 2.45) is 115 Å². The van der Waals surface area contributed by atoms with Crippen LogP contribution in [0.4, 0.5) is 0 Å². The quantitative estimate of drug-likeness (QED) is 0.127. The summed E-state index contributed by atoms with van der Waals surface area (Å²) in [4.78, 5) is 50.8. The monoisotopic (exact) mass is 1220 g/mol. The Morgan fingerprint density at radius 3 is 2.47 bits per heavy atom. The molecule has 11 fully saturated rings. The molecule has 3 N–H and O–H groups in total. The number of rotatable bonds is 11. The predicted octanol–water partition coefficient (Wildman–Crippen LogP) is 16.7. The van der Waals surface area contributed by atoms with E-state index in [9.17, 15) is 9.90 Å². The number of carbonyl (C=O) groups excluding carboxylic acids is 3. The van der Waals surface area contributed by atoms with Gasteiger partial charge in [0.05, 0.1) is 11.0 Å². The number of aliphatic hydroxyl groups excluding tert-OH is 1. The highest BCUT2D eigenvalue weighted by Gasteiger charge is 2.94. The summed E-state index contributed by atoms with van der Waals surface area (Å²) in [7, 11) is 0. The minimum absolute atomic E-state index is 0.0719. The van der Waals surface area contributed by atoms with Crippen LogP contribution in [0, 0.1) is 109 Å². The largest absolute Gasteiger partial charge is 0.508 e. The highest BCUT2D eigenvalue weighted by atomic mass is 16.6. The maximum atomic E-state index is 17.3. The fraction of sp³-hybridized carbons (Fsp3) is 0.790. The van der Waals surface area contributed by atoms with E-state index in [-0.39, 0.29) is 47.6 Å². The van der Waals surface area contributed by atoms with Gasteiger partial charge in [-0.25, -0.2) is 4.79 Å². The van der Waals surface area contributed by atoms with Gasteiger partial charge in [-0.2, -0.15) is 0 Å². The average molecular weight is 1220 g/mol. The van der Waals surface area contributed by atoms with Crippen LogP contribution >= 0.6 is 0 Å². The van der Waals surface area contributed by atoms with Crippen molar-refractivity contribution >= 4 is 18.2 Å². The first kappa shape index (κ1) is 57.7. The van der Waals surface area contributed by atoms with Crippen molar-refractivity contribution in [3.63, 3.8) is 0 Å². The molecule has 21 unspecified atom stereocenters. The van der Waals surface area contributed by atoms with Crippen molar-refractivity contribution in [3.8, 4) is 0 Å². The number of aldehydes is 1. The van der Waals surface area contributed by atoms with Crippen molar-refractivity contribution in [1.82, 2.24) is 9.80 Å². The number of aliphatic hydroxyl groups is 1. The number of ether oxygens (including phenoxy) is 2. The number of allylic oxidation sites excluding steroid dienone is 4. The molecule has 0 radical (unpaired) electrons. The number of benzene rings is 1. The number of nitrogens with two attached hydrogens (primary N) is 1. The summed E-state index contributed by atoms with van der Waals surface area (Å²) in [6.45, 7) is 7.80. The maximum Gasteiger partial charge on any atom is 0.339 e. The second-order valence-electron chi connectivity index (χ2n) is 36.0. The Labute approximate surface area is 538 Å². The van der Waals surface area contributed by atoms with Crippen LogP contribution in [0.25, 0.3) is 0 Å². The van der Waals surface area contributed by atoms with E-state index in [0.29, 0.717) is 118 Å². The molecule has 7 bridgehead atoms. The molecule has 0 aromatic heterocycles. The molecule has 18 aliphatic rings. The van der Waals surface area contributed by atoms with Crippen molar-refractivity contribution in [1.29, 1.82) is 0 Å². The van der Waals surface area contributed by atoms with Crippen LogP contribution in [-0.4, -0.2) is 70.9 Å². The van der Waals surface area contributed by atoms with Gasteiger partial charge in [-0.15, -0.1) is 0 Å². The number of esters is 2. The zero-order valence-electron chi connectivity index (χ0n) is 55.2. The number of nitrogens with zero attached hydrogens (tertiary/aromatic N) is 2. The number of piperidine rings is 3. The molecule has 1 aromatic carbocycles. The summed E-state index contributed by atoms with van der Waals surface area (Å²) < 4.78 is 15.4. The lowest BCUT2D eigenvalue weighted by Crippen LogP contribution is -2.78. The number of hydrogen-bond donors (Lipinski definition) is 2. The molecule has 7 aliphatic heterocycles. The first-order chi connectivity index (χ1) is 43.9. The van der Waals surface area contributed by atoms with E-state index in [1.54, 1.807) is 16.8 Å². The van der Waals surface area contributed by atoms with Gasteiger partial charge >= 0.3 is 11.9 Å². The summed E-state index contributed by atoms with van der Waals surface area (Å²) in [6.07, 6.45) is 49.5. The molecule has 90 heavy (non-hydrogen) atoms. The van der Waals surface area contributed by atoms with Gasteiger partial charge in [0.2, 0.25) is 0 Å². The van der Waals surface area contributed by atoms with Gasteiger partial charge in [-0.1, -0.05) is 107 Å². The Hall–Kier alpha value is -3.69. The first-order valence-electron chi connectivity index (χ1n) is 38.7. The van der Waals surface area contributed by atoms with Gasteiger partial charge in [-0.05, 0) is 272 Å². The normalized spacial score (nSPS) is 46.9. The van der Waals surface area contributed by atoms with Gasteiger partial charge in [0.1, 0.15) is 17.5 Å². The Kier molecular flexibility index (Phi) is 13.1.